The van der Waals surface area contributed by atoms with E-state index in [1.54, 1.807) is 17.6 Å². The van der Waals surface area contributed by atoms with Gasteiger partial charge in [-0.15, -0.1) is 0 Å². The summed E-state index contributed by atoms with van der Waals surface area (Å²) in [6, 6.07) is 7.56. The number of H-pyrrole nitrogens is 1. The highest BCUT2D eigenvalue weighted by Crippen LogP contribution is 2.27. The first-order valence-electron chi connectivity index (χ1n) is 14.2. The highest BCUT2D eigenvalue weighted by molar-refractivity contribution is 5.87. The van der Waals surface area contributed by atoms with Crippen LogP contribution in [0.25, 0.3) is 28.6 Å². The summed E-state index contributed by atoms with van der Waals surface area (Å²) in [5, 5.41) is 0. The van der Waals surface area contributed by atoms with E-state index in [-0.39, 0.29) is 17.2 Å². The van der Waals surface area contributed by atoms with Gasteiger partial charge in [0.2, 0.25) is 0 Å². The van der Waals surface area contributed by atoms with Gasteiger partial charge in [-0.1, -0.05) is 62.8 Å². The number of nitrogens with one attached hydrogen (secondary N) is 1. The second-order valence-corrected chi connectivity index (χ2v) is 10.8. The minimum atomic E-state index is -0.380. The molecule has 0 saturated heterocycles. The van der Waals surface area contributed by atoms with Crippen LogP contribution in [0.2, 0.25) is 0 Å². The summed E-state index contributed by atoms with van der Waals surface area (Å²) in [7, 11) is 0. The van der Waals surface area contributed by atoms with Crippen LogP contribution in [0.15, 0.2) is 39.9 Å². The molecular weight excluding hydrogens is 480 g/mol. The quantitative estimate of drug-likeness (QED) is 0.323. The largest absolute Gasteiger partial charge is 0.463 e. The number of imidazole rings is 1. The average molecular weight is 519 g/mol. The van der Waals surface area contributed by atoms with Crippen LogP contribution >= 0.6 is 0 Å². The molecule has 0 spiro atoms. The summed E-state index contributed by atoms with van der Waals surface area (Å²) in [5.74, 6) is 0.975. The highest BCUT2D eigenvalue weighted by Gasteiger charge is 2.24. The molecule has 0 unspecified atom stereocenters. The first kappa shape index (κ1) is 26.2. The maximum Gasteiger partial charge on any atom is 0.332 e. The molecule has 2 aromatic heterocycles. The van der Waals surface area contributed by atoms with Gasteiger partial charge in [0.1, 0.15) is 11.3 Å². The van der Waals surface area contributed by atoms with Gasteiger partial charge < -0.3 is 9.72 Å². The minimum absolute atomic E-state index is 0.226. The van der Waals surface area contributed by atoms with Gasteiger partial charge in [-0.3, -0.25) is 13.9 Å². The standard InChI is InChI=1S/C30H38N4O4/c1-2-38-25(35)18-15-21-13-16-24(17-14-21)27-31-26-28(32-27)33(19-22-9-5-3-6-10-22)30(37)34(29(26)36)20-23-11-7-4-8-12-23/h13-18,22-23H,2-12,19-20H2,1H3,(H,31,32). The Balaban J connectivity index is 1.51. The van der Waals surface area contributed by atoms with Crippen molar-refractivity contribution in [2.45, 2.75) is 84.2 Å². The van der Waals surface area contributed by atoms with Crippen LogP contribution in [-0.4, -0.2) is 31.7 Å². The molecule has 5 rings (SSSR count). The molecule has 202 valence electrons. The van der Waals surface area contributed by atoms with Gasteiger partial charge >= 0.3 is 11.7 Å². The van der Waals surface area contributed by atoms with Crippen LogP contribution in [0.1, 0.15) is 76.7 Å². The number of hydrogen-bond acceptors (Lipinski definition) is 5. The molecule has 3 aromatic rings. The number of ether oxygens (including phenoxy) is 1. The van der Waals surface area contributed by atoms with E-state index in [2.05, 4.69) is 4.98 Å². The zero-order valence-corrected chi connectivity index (χ0v) is 22.3. The van der Waals surface area contributed by atoms with E-state index in [4.69, 9.17) is 9.72 Å². The molecule has 2 saturated carbocycles. The molecule has 2 fully saturated rings. The third-order valence-corrected chi connectivity index (χ3v) is 8.07. The van der Waals surface area contributed by atoms with Gasteiger partial charge in [0.05, 0.1) is 6.61 Å². The summed E-state index contributed by atoms with van der Waals surface area (Å²) in [6.45, 7) is 3.19. The summed E-state index contributed by atoms with van der Waals surface area (Å²) in [4.78, 5) is 47.0. The SMILES string of the molecule is CCOC(=O)C=Cc1ccc(-c2nc3c([nH]2)c(=O)n(CC2CCCCC2)c(=O)n3CC2CCCCC2)cc1. The lowest BCUT2D eigenvalue weighted by molar-refractivity contribution is -0.137. The summed E-state index contributed by atoms with van der Waals surface area (Å²) >= 11 is 0. The highest BCUT2D eigenvalue weighted by atomic mass is 16.5. The van der Waals surface area contributed by atoms with Crippen LogP contribution < -0.4 is 11.2 Å². The molecule has 8 nitrogen and oxygen atoms in total. The second kappa shape index (κ2) is 12.0. The zero-order valence-electron chi connectivity index (χ0n) is 22.3. The Bertz CT molecular complexity index is 1400. The van der Waals surface area contributed by atoms with Crippen molar-refractivity contribution in [3.05, 3.63) is 56.7 Å². The monoisotopic (exact) mass is 518 g/mol. The van der Waals surface area contributed by atoms with Crippen LogP contribution in [0.5, 0.6) is 0 Å². The Morgan fingerprint density at radius 1 is 0.947 bits per heavy atom. The number of benzene rings is 1. The Labute approximate surface area is 222 Å². The second-order valence-electron chi connectivity index (χ2n) is 10.8. The maximum absolute atomic E-state index is 13.7. The van der Waals surface area contributed by atoms with Crippen molar-refractivity contribution in [1.82, 2.24) is 19.1 Å². The number of carbonyl (C=O) groups excluding carboxylic acids is 1. The Morgan fingerprint density at radius 3 is 2.16 bits per heavy atom. The molecule has 1 aromatic carbocycles. The van der Waals surface area contributed by atoms with Crippen LogP contribution in [0, 0.1) is 11.8 Å². The third kappa shape index (κ3) is 5.84. The van der Waals surface area contributed by atoms with Gasteiger partial charge in [-0.2, -0.15) is 0 Å². The number of aromatic amines is 1. The molecule has 0 aliphatic heterocycles. The van der Waals surface area contributed by atoms with Gasteiger partial charge in [0, 0.05) is 24.7 Å². The average Bonchev–Trinajstić information content (AvgIpc) is 3.40. The number of rotatable bonds is 8. The summed E-state index contributed by atoms with van der Waals surface area (Å²) in [5.41, 5.74) is 2.01. The lowest BCUT2D eigenvalue weighted by Crippen LogP contribution is -2.42. The molecule has 0 amide bonds. The van der Waals surface area contributed by atoms with Crippen molar-refractivity contribution in [3.63, 3.8) is 0 Å². The zero-order chi connectivity index (χ0) is 26.5. The number of aromatic nitrogens is 4. The fourth-order valence-corrected chi connectivity index (χ4v) is 5.99. The Morgan fingerprint density at radius 2 is 1.55 bits per heavy atom. The first-order chi connectivity index (χ1) is 18.5. The van der Waals surface area contributed by atoms with Crippen LogP contribution in [-0.2, 0) is 22.6 Å². The molecule has 2 heterocycles. The van der Waals surface area contributed by atoms with E-state index in [0.717, 1.165) is 49.7 Å². The minimum Gasteiger partial charge on any atom is -0.463 e. The molecular formula is C30H38N4O4. The lowest BCUT2D eigenvalue weighted by atomic mass is 9.89. The number of esters is 1. The first-order valence-corrected chi connectivity index (χ1v) is 14.2. The number of hydrogen-bond donors (Lipinski definition) is 1. The summed E-state index contributed by atoms with van der Waals surface area (Å²) < 4.78 is 8.15. The molecule has 8 heteroatoms. The van der Waals surface area contributed by atoms with E-state index >= 15 is 0 Å². The lowest BCUT2D eigenvalue weighted by Gasteiger charge is -2.24. The number of fused-ring (bicyclic) bond motifs is 1. The topological polar surface area (TPSA) is 99.0 Å². The fourth-order valence-electron chi connectivity index (χ4n) is 5.99. The smallest absolute Gasteiger partial charge is 0.332 e. The molecule has 1 N–H and O–H groups in total. The van der Waals surface area contributed by atoms with Crippen LogP contribution in [0.3, 0.4) is 0 Å². The predicted molar refractivity (Wildman–Crippen MR) is 149 cm³/mol. The fraction of sp³-hybridized carbons (Fsp3) is 0.533. The van der Waals surface area contributed by atoms with Crippen LogP contribution in [0.4, 0.5) is 0 Å². The van der Waals surface area contributed by atoms with Gasteiger partial charge in [0.15, 0.2) is 5.65 Å². The van der Waals surface area contributed by atoms with E-state index in [1.807, 2.05) is 24.3 Å². The Hall–Kier alpha value is -3.42. The van der Waals surface area contributed by atoms with Gasteiger partial charge in [0.25, 0.3) is 5.56 Å². The van der Waals surface area contributed by atoms with Crippen molar-refractivity contribution in [3.8, 4) is 11.4 Å². The number of carbonyl (C=O) groups is 1. The maximum atomic E-state index is 13.7. The Kier molecular flexibility index (Phi) is 8.25. The molecule has 0 radical (unpaired) electrons. The molecule has 38 heavy (non-hydrogen) atoms. The molecule has 0 bridgehead atoms. The van der Waals surface area contributed by atoms with E-state index in [1.165, 1.54) is 36.3 Å². The van der Waals surface area contributed by atoms with E-state index in [0.29, 0.717) is 48.5 Å². The van der Waals surface area contributed by atoms with Crippen molar-refractivity contribution >= 4 is 23.2 Å². The molecule has 0 atom stereocenters. The molecule has 2 aliphatic rings. The van der Waals surface area contributed by atoms with E-state index < -0.39 is 0 Å². The van der Waals surface area contributed by atoms with Gasteiger partial charge in [-0.05, 0) is 56.1 Å². The summed E-state index contributed by atoms with van der Waals surface area (Å²) in [6.07, 6.45) is 14.6. The normalized spacial score (nSPS) is 17.4. The van der Waals surface area contributed by atoms with Crippen molar-refractivity contribution in [2.24, 2.45) is 11.8 Å². The molecule has 2 aliphatic carbocycles. The van der Waals surface area contributed by atoms with Crippen molar-refractivity contribution in [2.75, 3.05) is 6.61 Å². The number of nitrogens with zero attached hydrogens (tertiary/aromatic N) is 3. The van der Waals surface area contributed by atoms with Gasteiger partial charge in [-0.25, -0.2) is 14.6 Å². The van der Waals surface area contributed by atoms with Crippen molar-refractivity contribution < 1.29 is 9.53 Å². The van der Waals surface area contributed by atoms with Crippen molar-refractivity contribution in [1.29, 1.82) is 0 Å². The van der Waals surface area contributed by atoms with E-state index in [9.17, 15) is 14.4 Å². The third-order valence-electron chi connectivity index (χ3n) is 8.07. The predicted octanol–water partition coefficient (Wildman–Crippen LogP) is 5.29.